The number of para-hydroxylation sites is 2. The van der Waals surface area contributed by atoms with Crippen molar-refractivity contribution in [3.63, 3.8) is 0 Å². The van der Waals surface area contributed by atoms with Crippen LogP contribution in [0.15, 0.2) is 167 Å². The van der Waals surface area contributed by atoms with Gasteiger partial charge in [0.2, 0.25) is 0 Å². The highest BCUT2D eigenvalue weighted by atomic mass is 79.9. The zero-order chi connectivity index (χ0) is 63.1. The van der Waals surface area contributed by atoms with Crippen molar-refractivity contribution in [3.8, 4) is 40.1 Å². The number of nitro benzene ring substituents is 1. The topological polar surface area (TPSA) is 256 Å². The molecule has 6 aromatic heterocycles. The molecule has 24 nitrogen and oxygen atoms in total. The van der Waals surface area contributed by atoms with Crippen molar-refractivity contribution < 1.29 is 33.0 Å². The van der Waals surface area contributed by atoms with E-state index < -0.39 is 4.92 Å². The number of aryl methyl sites for hydroxylation is 6. The fraction of sp³-hybridized carbons (Fsp3) is 0.219. The molecule has 0 radical (unpaired) electrons. The van der Waals surface area contributed by atoms with Crippen LogP contribution in [-0.2, 0) is 19.6 Å². The van der Waals surface area contributed by atoms with Gasteiger partial charge in [-0.3, -0.25) is 10.1 Å². The zero-order valence-electron chi connectivity index (χ0n) is 50.9. The quantitative estimate of drug-likeness (QED) is 0.0724. The molecule has 0 fully saturated rings. The fourth-order valence-corrected chi connectivity index (χ4v) is 10.0. The van der Waals surface area contributed by atoms with Gasteiger partial charge in [0.15, 0.2) is 22.8 Å². The lowest BCUT2D eigenvalue weighted by atomic mass is 10.1. The molecule has 89 heavy (non-hydrogen) atoms. The number of nitrogens with zero attached hydrogens (tertiary/aromatic N) is 16. The maximum atomic E-state index is 10.9. The molecule has 0 unspecified atom stereocenters. The Morgan fingerprint density at radius 3 is 1.57 bits per heavy atom. The number of nitro groups is 1. The van der Waals surface area contributed by atoms with Gasteiger partial charge in [0, 0.05) is 35.4 Å². The summed E-state index contributed by atoms with van der Waals surface area (Å²) in [5.41, 5.74) is 12.1. The SMILES string of the molecule is COc1cc(Cn2cc(C)nn2)cc(C)c1OC.COc1ccc(Cn2cc(C)nn2)cc1Br.COc1ccc(Cn2cc(C)nn2)cc1[N+](=O)[O-].COc1ccc2cc(-n3cc(C)nn3)ccc2c1.Cc1cn(-c2cccc3c2oc2ccccc23)nn1. The first-order valence-electron chi connectivity index (χ1n) is 27.7. The Morgan fingerprint density at radius 2 is 1.02 bits per heavy atom. The van der Waals surface area contributed by atoms with Crippen molar-refractivity contribution in [1.29, 1.82) is 0 Å². The van der Waals surface area contributed by atoms with Crippen LogP contribution in [0, 0.1) is 51.7 Å². The van der Waals surface area contributed by atoms with Crippen molar-refractivity contribution in [2.75, 3.05) is 35.5 Å². The first-order chi connectivity index (χ1) is 43.0. The van der Waals surface area contributed by atoms with Crippen molar-refractivity contribution in [2.24, 2.45) is 0 Å². The second kappa shape index (κ2) is 29.0. The number of rotatable bonds is 14. The van der Waals surface area contributed by atoms with E-state index in [1.165, 1.54) is 13.2 Å². The molecule has 0 N–H and O–H groups in total. The standard InChI is InChI=1S/C15H11N3O.C14H13N3O.C13H17N3O2.C11H12BrN3O.C11H12N4O3/c1-10-9-18(17-16-10)13-7-4-6-12-11-5-2-3-8-14(11)19-15(12)13;1-10-9-17(16-15-10)13-5-3-12-8-14(18-2)6-4-11(12)7-13;1-9-5-11(6-12(17-3)13(9)18-4)8-16-7-10(2)14-15-16;1-8-6-15(14-13-8)7-9-3-4-11(16-2)10(12)5-9;1-8-6-14(13-12-8)7-9-3-4-11(18-2)10(5-9)15(16)17/h2-9H,1H3;3-9H,1-2H3;5-7H,8H2,1-4H3;3-6H,7H2,1-2H3;3-6H,7H2,1-2H3. The average Bonchev–Trinajstić information content (AvgIpc) is 1.73. The van der Waals surface area contributed by atoms with Gasteiger partial charge < -0.3 is 28.1 Å². The van der Waals surface area contributed by atoms with E-state index in [-0.39, 0.29) is 11.4 Å². The molecule has 0 saturated heterocycles. The van der Waals surface area contributed by atoms with Crippen LogP contribution in [0.2, 0.25) is 0 Å². The van der Waals surface area contributed by atoms with E-state index in [1.807, 2.05) is 150 Å². The first-order valence-corrected chi connectivity index (χ1v) is 28.5. The predicted octanol–water partition coefficient (Wildman–Crippen LogP) is 12.1. The normalized spacial score (nSPS) is 10.7. The molecule has 0 aliphatic carbocycles. The van der Waals surface area contributed by atoms with Crippen molar-refractivity contribution >= 4 is 54.3 Å². The highest BCUT2D eigenvalue weighted by Gasteiger charge is 2.17. The Balaban J connectivity index is 0.000000132. The second-order valence-electron chi connectivity index (χ2n) is 20.3. The summed E-state index contributed by atoms with van der Waals surface area (Å²) in [5.74, 6) is 3.46. The van der Waals surface area contributed by atoms with Gasteiger partial charge in [-0.05, 0) is 151 Å². The lowest BCUT2D eigenvalue weighted by Gasteiger charge is -2.12. The third-order valence-corrected chi connectivity index (χ3v) is 14.1. The molecule has 0 spiro atoms. The maximum Gasteiger partial charge on any atom is 0.311 e. The minimum Gasteiger partial charge on any atom is -0.497 e. The van der Waals surface area contributed by atoms with E-state index in [1.54, 1.807) is 65.5 Å². The lowest BCUT2D eigenvalue weighted by molar-refractivity contribution is -0.385. The lowest BCUT2D eigenvalue weighted by Crippen LogP contribution is -2.02. The van der Waals surface area contributed by atoms with Gasteiger partial charge in [-0.25, -0.2) is 23.4 Å². The van der Waals surface area contributed by atoms with E-state index >= 15 is 0 Å². The molecule has 0 amide bonds. The van der Waals surface area contributed by atoms with E-state index in [2.05, 4.69) is 97.8 Å². The molecule has 0 bridgehead atoms. The van der Waals surface area contributed by atoms with Crippen molar-refractivity contribution in [3.05, 3.63) is 224 Å². The van der Waals surface area contributed by atoms with Crippen LogP contribution in [0.5, 0.6) is 28.7 Å². The third kappa shape index (κ3) is 16.0. The minimum absolute atomic E-state index is 0.0492. The number of hydrogen-bond donors (Lipinski definition) is 0. The second-order valence-corrected chi connectivity index (χ2v) is 21.2. The molecule has 0 aliphatic rings. The summed E-state index contributed by atoms with van der Waals surface area (Å²) < 4.78 is 41.6. The fourth-order valence-electron chi connectivity index (χ4n) is 9.41. The Morgan fingerprint density at radius 1 is 0.483 bits per heavy atom. The number of furan rings is 1. The molecule has 7 aromatic carbocycles. The molecule has 6 heterocycles. The molecular weight excluding hydrogens is 1200 g/mol. The van der Waals surface area contributed by atoms with Crippen LogP contribution in [0.1, 0.15) is 50.7 Å². The summed E-state index contributed by atoms with van der Waals surface area (Å²) in [6.07, 6.45) is 9.40. The van der Waals surface area contributed by atoms with Gasteiger partial charge in [0.25, 0.3) is 0 Å². The third-order valence-electron chi connectivity index (χ3n) is 13.5. The number of ether oxygens (including phenoxy) is 5. The molecule has 0 atom stereocenters. The Labute approximate surface area is 520 Å². The Kier molecular flexibility index (Phi) is 20.5. The van der Waals surface area contributed by atoms with Crippen LogP contribution in [0.4, 0.5) is 5.69 Å². The van der Waals surface area contributed by atoms with E-state index in [0.717, 1.165) is 122 Å². The average molecular weight is 1270 g/mol. The van der Waals surface area contributed by atoms with Crippen LogP contribution >= 0.6 is 15.9 Å². The Hall–Kier alpha value is -10.8. The molecule has 13 aromatic rings. The highest BCUT2D eigenvalue weighted by Crippen LogP contribution is 2.34. The Bertz CT molecular complexity index is 4530. The van der Waals surface area contributed by atoms with Crippen molar-refractivity contribution in [2.45, 2.75) is 61.2 Å². The first kappa shape index (κ1) is 62.7. The summed E-state index contributed by atoms with van der Waals surface area (Å²) in [6, 6.07) is 41.1. The van der Waals surface area contributed by atoms with E-state index in [9.17, 15) is 10.1 Å². The zero-order valence-corrected chi connectivity index (χ0v) is 52.5. The number of benzene rings is 7. The maximum absolute atomic E-state index is 10.9. The van der Waals surface area contributed by atoms with Gasteiger partial charge in [0.05, 0.1) is 111 Å². The summed E-state index contributed by atoms with van der Waals surface area (Å²) in [7, 11) is 8.02. The number of halogens is 1. The highest BCUT2D eigenvalue weighted by molar-refractivity contribution is 9.10. The number of aromatic nitrogens is 15. The molecule has 456 valence electrons. The molecule has 0 saturated carbocycles. The number of methoxy groups -OCH3 is 5. The predicted molar refractivity (Wildman–Crippen MR) is 340 cm³/mol. The van der Waals surface area contributed by atoms with Crippen LogP contribution in [-0.4, -0.2) is 115 Å². The van der Waals surface area contributed by atoms with Gasteiger partial charge in [-0.1, -0.05) is 86.7 Å². The van der Waals surface area contributed by atoms with Crippen LogP contribution in [0.25, 0.3) is 44.1 Å². The van der Waals surface area contributed by atoms with Gasteiger partial charge in [-0.2, -0.15) is 0 Å². The number of fused-ring (bicyclic) bond motifs is 4. The minimum atomic E-state index is -0.463. The molecular formula is C64H65BrN16O8. The molecule has 25 heteroatoms. The van der Waals surface area contributed by atoms with Crippen molar-refractivity contribution in [1.82, 2.24) is 75.0 Å². The summed E-state index contributed by atoms with van der Waals surface area (Å²) >= 11 is 3.46. The smallest absolute Gasteiger partial charge is 0.311 e. The van der Waals surface area contributed by atoms with Gasteiger partial charge >= 0.3 is 5.69 Å². The van der Waals surface area contributed by atoms with Crippen LogP contribution in [0.3, 0.4) is 0 Å². The molecule has 13 rings (SSSR count). The van der Waals surface area contributed by atoms with Crippen LogP contribution < -0.4 is 23.7 Å². The summed E-state index contributed by atoms with van der Waals surface area (Å²) in [4.78, 5) is 10.4. The van der Waals surface area contributed by atoms with Gasteiger partial charge in [-0.15, -0.1) is 25.5 Å². The number of hydrogen-bond acceptors (Lipinski definition) is 18. The molecule has 0 aliphatic heterocycles. The largest absolute Gasteiger partial charge is 0.497 e. The summed E-state index contributed by atoms with van der Waals surface area (Å²) in [5, 5.41) is 55.3. The van der Waals surface area contributed by atoms with E-state index in [0.29, 0.717) is 19.6 Å². The van der Waals surface area contributed by atoms with E-state index in [4.69, 9.17) is 28.1 Å². The van der Waals surface area contributed by atoms with Gasteiger partial charge in [0.1, 0.15) is 22.8 Å². The monoisotopic (exact) mass is 1260 g/mol. The summed E-state index contributed by atoms with van der Waals surface area (Å²) in [6.45, 7) is 13.3.